The molecule has 1 aromatic heterocycles. The highest BCUT2D eigenvalue weighted by molar-refractivity contribution is 5.80. The average molecular weight is 260 g/mol. The van der Waals surface area contributed by atoms with E-state index in [-0.39, 0.29) is 6.04 Å². The van der Waals surface area contributed by atoms with Gasteiger partial charge in [-0.15, -0.1) is 0 Å². The number of fused-ring (bicyclic) bond motifs is 2. The van der Waals surface area contributed by atoms with Crippen molar-refractivity contribution in [3.8, 4) is 0 Å². The van der Waals surface area contributed by atoms with Gasteiger partial charge in [0, 0.05) is 36.2 Å². The molecule has 2 heteroatoms. The van der Waals surface area contributed by atoms with E-state index in [1.54, 1.807) is 0 Å². The van der Waals surface area contributed by atoms with E-state index in [9.17, 15) is 0 Å². The summed E-state index contributed by atoms with van der Waals surface area (Å²) in [6.45, 7) is 0. The minimum atomic E-state index is 0.266. The van der Waals surface area contributed by atoms with Crippen molar-refractivity contribution in [1.82, 2.24) is 4.57 Å². The summed E-state index contributed by atoms with van der Waals surface area (Å²) >= 11 is 0. The first kappa shape index (κ1) is 11.4. The van der Waals surface area contributed by atoms with E-state index in [1.165, 1.54) is 22.2 Å². The van der Waals surface area contributed by atoms with Crippen molar-refractivity contribution in [2.45, 2.75) is 6.04 Å². The fraction of sp³-hybridized carbons (Fsp3) is 0.111. The van der Waals surface area contributed by atoms with Gasteiger partial charge in [0.25, 0.3) is 0 Å². The summed E-state index contributed by atoms with van der Waals surface area (Å²) in [5.41, 5.74) is 3.90. The van der Waals surface area contributed by atoms with Crippen molar-refractivity contribution in [2.24, 2.45) is 0 Å². The molecule has 1 aliphatic rings. The van der Waals surface area contributed by atoms with Crippen LogP contribution in [0.25, 0.3) is 10.9 Å². The first-order valence-corrected chi connectivity index (χ1v) is 6.90. The van der Waals surface area contributed by atoms with Crippen LogP contribution in [0.4, 0.5) is 5.69 Å². The molecule has 2 heterocycles. The Hall–Kier alpha value is -2.48. The third-order valence-electron chi connectivity index (χ3n) is 4.06. The fourth-order valence-corrected chi connectivity index (χ4v) is 3.04. The van der Waals surface area contributed by atoms with Crippen molar-refractivity contribution in [3.63, 3.8) is 0 Å². The molecule has 1 atom stereocenters. The second kappa shape index (κ2) is 4.27. The minimum Gasteiger partial charge on any atom is -0.351 e. The number of hydrogen-bond acceptors (Lipinski definition) is 1. The molecule has 4 rings (SSSR count). The van der Waals surface area contributed by atoms with Gasteiger partial charge >= 0.3 is 0 Å². The van der Waals surface area contributed by atoms with E-state index in [0.717, 1.165) is 0 Å². The van der Waals surface area contributed by atoms with Crippen molar-refractivity contribution < 1.29 is 0 Å². The Bertz CT molecular complexity index is 798. The second-order valence-electron chi connectivity index (χ2n) is 5.24. The largest absolute Gasteiger partial charge is 0.351 e. The molecule has 1 aliphatic heterocycles. The maximum Gasteiger partial charge on any atom is 0.0807 e. The number of rotatable bonds is 1. The van der Waals surface area contributed by atoms with Crippen LogP contribution in [0.15, 0.2) is 73.1 Å². The molecule has 0 amide bonds. The van der Waals surface area contributed by atoms with Gasteiger partial charge in [0.05, 0.1) is 6.04 Å². The quantitative estimate of drug-likeness (QED) is 0.637. The van der Waals surface area contributed by atoms with Crippen molar-refractivity contribution in [1.29, 1.82) is 0 Å². The van der Waals surface area contributed by atoms with Crippen LogP contribution in [0.3, 0.4) is 0 Å². The van der Waals surface area contributed by atoms with Gasteiger partial charge in [0.2, 0.25) is 0 Å². The third-order valence-corrected chi connectivity index (χ3v) is 4.06. The molecule has 0 saturated heterocycles. The maximum absolute atomic E-state index is 2.34. The zero-order valence-corrected chi connectivity index (χ0v) is 11.4. The highest BCUT2D eigenvalue weighted by Gasteiger charge is 2.20. The molecular formula is C18H16N2. The highest BCUT2D eigenvalue weighted by Crippen LogP contribution is 2.35. The van der Waals surface area contributed by atoms with Gasteiger partial charge in [0.15, 0.2) is 0 Å². The summed E-state index contributed by atoms with van der Waals surface area (Å²) < 4.78 is 2.34. The summed E-state index contributed by atoms with van der Waals surface area (Å²) in [5, 5.41) is 1.29. The molecule has 0 fully saturated rings. The van der Waals surface area contributed by atoms with Crippen LogP contribution in [0, 0.1) is 0 Å². The first-order chi connectivity index (χ1) is 9.84. The SMILES string of the molecule is CN1C=CC(n2ccc3ccccc32)c2ccccc21. The van der Waals surface area contributed by atoms with Crippen molar-refractivity contribution >= 4 is 16.6 Å². The third kappa shape index (κ3) is 1.58. The predicted molar refractivity (Wildman–Crippen MR) is 84.1 cm³/mol. The number of nitrogens with zero attached hydrogens (tertiary/aromatic N) is 2. The summed E-state index contributed by atoms with van der Waals surface area (Å²) in [4.78, 5) is 2.18. The summed E-state index contributed by atoms with van der Waals surface area (Å²) in [6, 6.07) is 19.6. The lowest BCUT2D eigenvalue weighted by atomic mass is 10.0. The van der Waals surface area contributed by atoms with E-state index in [4.69, 9.17) is 0 Å². The average Bonchev–Trinajstić information content (AvgIpc) is 2.92. The second-order valence-corrected chi connectivity index (χ2v) is 5.24. The predicted octanol–water partition coefficient (Wildman–Crippen LogP) is 4.19. The smallest absolute Gasteiger partial charge is 0.0807 e. The van der Waals surface area contributed by atoms with Gasteiger partial charge in [-0.05, 0) is 29.7 Å². The molecule has 98 valence electrons. The van der Waals surface area contributed by atoms with Gasteiger partial charge in [-0.2, -0.15) is 0 Å². The molecule has 0 saturated carbocycles. The molecule has 0 spiro atoms. The number of para-hydroxylation sites is 2. The minimum absolute atomic E-state index is 0.266. The zero-order chi connectivity index (χ0) is 13.5. The van der Waals surface area contributed by atoms with E-state index < -0.39 is 0 Å². The van der Waals surface area contributed by atoms with E-state index >= 15 is 0 Å². The number of hydrogen-bond donors (Lipinski definition) is 0. The van der Waals surface area contributed by atoms with Crippen molar-refractivity contribution in [2.75, 3.05) is 11.9 Å². The first-order valence-electron chi connectivity index (χ1n) is 6.90. The summed E-state index contributed by atoms with van der Waals surface area (Å²) in [7, 11) is 2.10. The number of anilines is 1. The molecular weight excluding hydrogens is 244 g/mol. The Balaban J connectivity index is 1.93. The van der Waals surface area contributed by atoms with Gasteiger partial charge < -0.3 is 9.47 Å². The van der Waals surface area contributed by atoms with Crippen LogP contribution in [-0.4, -0.2) is 11.6 Å². The molecule has 0 aliphatic carbocycles. The topological polar surface area (TPSA) is 8.17 Å². The fourth-order valence-electron chi connectivity index (χ4n) is 3.04. The van der Waals surface area contributed by atoms with Gasteiger partial charge in [-0.3, -0.25) is 0 Å². The lowest BCUT2D eigenvalue weighted by Crippen LogP contribution is -2.20. The molecule has 0 N–H and O–H groups in total. The molecule has 3 aromatic rings. The van der Waals surface area contributed by atoms with E-state index in [1.807, 2.05) is 0 Å². The van der Waals surface area contributed by atoms with Crippen LogP contribution in [0.5, 0.6) is 0 Å². The number of benzene rings is 2. The summed E-state index contributed by atoms with van der Waals surface area (Å²) in [6.07, 6.45) is 6.60. The standard InChI is InChI=1S/C18H16N2/c1-19-12-11-18(15-7-3-5-9-17(15)19)20-13-10-14-6-2-4-8-16(14)20/h2-13,18H,1H3. The zero-order valence-electron chi connectivity index (χ0n) is 11.4. The Kier molecular flexibility index (Phi) is 2.43. The normalized spacial score (nSPS) is 17.4. The Morgan fingerprint density at radius 3 is 2.65 bits per heavy atom. The van der Waals surface area contributed by atoms with Crippen LogP contribution < -0.4 is 4.90 Å². The Labute approximate surface area is 118 Å². The van der Waals surface area contributed by atoms with Gasteiger partial charge in [-0.25, -0.2) is 0 Å². The van der Waals surface area contributed by atoms with Crippen LogP contribution in [0.2, 0.25) is 0 Å². The molecule has 0 radical (unpaired) electrons. The number of allylic oxidation sites excluding steroid dienone is 1. The van der Waals surface area contributed by atoms with Crippen LogP contribution in [0.1, 0.15) is 11.6 Å². The molecule has 2 nitrogen and oxygen atoms in total. The van der Waals surface area contributed by atoms with E-state index in [2.05, 4.69) is 89.6 Å². The Morgan fingerprint density at radius 1 is 0.900 bits per heavy atom. The van der Waals surface area contributed by atoms with Crippen molar-refractivity contribution in [3.05, 3.63) is 78.6 Å². The van der Waals surface area contributed by atoms with E-state index in [0.29, 0.717) is 0 Å². The van der Waals surface area contributed by atoms with Gasteiger partial charge in [-0.1, -0.05) is 36.4 Å². The maximum atomic E-state index is 2.34. The highest BCUT2D eigenvalue weighted by atomic mass is 15.1. The molecule has 2 aromatic carbocycles. The Morgan fingerprint density at radius 2 is 1.70 bits per heavy atom. The summed E-state index contributed by atoms with van der Waals surface area (Å²) in [5.74, 6) is 0. The van der Waals surface area contributed by atoms with Crippen LogP contribution in [-0.2, 0) is 0 Å². The molecule has 20 heavy (non-hydrogen) atoms. The number of aromatic nitrogens is 1. The molecule has 1 unspecified atom stereocenters. The monoisotopic (exact) mass is 260 g/mol. The van der Waals surface area contributed by atoms with Gasteiger partial charge in [0.1, 0.15) is 0 Å². The lowest BCUT2D eigenvalue weighted by Gasteiger charge is -2.29. The molecule has 0 bridgehead atoms. The lowest BCUT2D eigenvalue weighted by molar-refractivity contribution is 0.716. The van der Waals surface area contributed by atoms with Crippen LogP contribution >= 0.6 is 0 Å².